The van der Waals surface area contributed by atoms with E-state index in [9.17, 15) is 4.79 Å². The van der Waals surface area contributed by atoms with E-state index in [1.807, 2.05) is 18.2 Å². The Morgan fingerprint density at radius 2 is 2.00 bits per heavy atom. The van der Waals surface area contributed by atoms with Crippen LogP contribution in [0, 0.1) is 0 Å². The van der Waals surface area contributed by atoms with E-state index in [0.717, 1.165) is 21.4 Å². The summed E-state index contributed by atoms with van der Waals surface area (Å²) in [5.74, 6) is 0.180. The van der Waals surface area contributed by atoms with Crippen LogP contribution in [0.3, 0.4) is 0 Å². The Hall–Kier alpha value is -0.280. The van der Waals surface area contributed by atoms with Crippen molar-refractivity contribution in [1.29, 1.82) is 0 Å². The van der Waals surface area contributed by atoms with Gasteiger partial charge in [0.2, 0.25) is 0 Å². The molecule has 0 spiro atoms. The summed E-state index contributed by atoms with van der Waals surface area (Å²) < 4.78 is 0. The highest BCUT2D eigenvalue weighted by Gasteiger charge is 2.00. The first-order valence-electron chi connectivity index (χ1n) is 3.99. The van der Waals surface area contributed by atoms with Crippen molar-refractivity contribution in [2.24, 2.45) is 0 Å². The summed E-state index contributed by atoms with van der Waals surface area (Å²) in [5.41, 5.74) is 2.19. The van der Waals surface area contributed by atoms with E-state index in [1.54, 1.807) is 6.92 Å². The topological polar surface area (TPSA) is 17.1 Å². The first kappa shape index (κ1) is 10.8. The smallest absolute Gasteiger partial charge is 0.134 e. The zero-order valence-corrected chi connectivity index (χ0v) is 9.86. The third-order valence-corrected chi connectivity index (χ3v) is 2.55. The van der Waals surface area contributed by atoms with Gasteiger partial charge in [-0.25, -0.2) is 0 Å². The monoisotopic (exact) mass is 258 g/mol. The lowest BCUT2D eigenvalue weighted by molar-refractivity contribution is -0.116. The van der Waals surface area contributed by atoms with Crippen LogP contribution in [0.5, 0.6) is 0 Å². The molecule has 0 fully saturated rings. The van der Waals surface area contributed by atoms with Crippen LogP contribution >= 0.6 is 28.6 Å². The highest BCUT2D eigenvalue weighted by Crippen LogP contribution is 2.16. The molecule has 70 valence electrons. The van der Waals surface area contributed by atoms with Gasteiger partial charge in [0.15, 0.2) is 0 Å². The van der Waals surface area contributed by atoms with Crippen LogP contribution in [0.4, 0.5) is 0 Å². The standard InChI is InChI=1S/C10H11BrOS/c1-7(12)2-8-3-9(6-11)5-10(13)4-8/h3-5,13H,2,6H2,1H3. The lowest BCUT2D eigenvalue weighted by Crippen LogP contribution is -1.97. The van der Waals surface area contributed by atoms with E-state index in [0.29, 0.717) is 6.42 Å². The fraction of sp³-hybridized carbons (Fsp3) is 0.300. The molecule has 0 aliphatic carbocycles. The maximum Gasteiger partial charge on any atom is 0.134 e. The van der Waals surface area contributed by atoms with Crippen LogP contribution in [-0.2, 0) is 16.5 Å². The van der Waals surface area contributed by atoms with Crippen LogP contribution in [0.15, 0.2) is 23.1 Å². The van der Waals surface area contributed by atoms with E-state index >= 15 is 0 Å². The van der Waals surface area contributed by atoms with Gasteiger partial charge in [0.1, 0.15) is 5.78 Å². The molecule has 1 aromatic carbocycles. The molecule has 0 saturated carbocycles. The zero-order chi connectivity index (χ0) is 9.84. The zero-order valence-electron chi connectivity index (χ0n) is 7.38. The van der Waals surface area contributed by atoms with Crippen molar-refractivity contribution in [3.63, 3.8) is 0 Å². The predicted octanol–water partition coefficient (Wildman–Crippen LogP) is 3.00. The van der Waals surface area contributed by atoms with Crippen LogP contribution in [-0.4, -0.2) is 5.78 Å². The minimum absolute atomic E-state index is 0.180. The Kier molecular flexibility index (Phi) is 4.00. The number of hydrogen-bond donors (Lipinski definition) is 1. The third-order valence-electron chi connectivity index (χ3n) is 1.64. The summed E-state index contributed by atoms with van der Waals surface area (Å²) in [5, 5.41) is 0.798. The van der Waals surface area contributed by atoms with Crippen molar-refractivity contribution in [2.75, 3.05) is 0 Å². The van der Waals surface area contributed by atoms with Crippen LogP contribution < -0.4 is 0 Å². The summed E-state index contributed by atoms with van der Waals surface area (Å²) in [4.78, 5) is 11.8. The summed E-state index contributed by atoms with van der Waals surface area (Å²) >= 11 is 7.64. The Labute approximate surface area is 92.1 Å². The molecule has 0 aliphatic rings. The molecule has 0 bridgehead atoms. The number of alkyl halides is 1. The van der Waals surface area contributed by atoms with E-state index in [-0.39, 0.29) is 5.78 Å². The first-order valence-corrected chi connectivity index (χ1v) is 5.56. The Morgan fingerprint density at radius 1 is 1.38 bits per heavy atom. The largest absolute Gasteiger partial charge is 0.300 e. The van der Waals surface area contributed by atoms with Crippen LogP contribution in [0.25, 0.3) is 0 Å². The second-order valence-corrected chi connectivity index (χ2v) is 4.10. The Bertz CT molecular complexity index is 323. The van der Waals surface area contributed by atoms with Crippen molar-refractivity contribution < 1.29 is 4.79 Å². The second kappa shape index (κ2) is 4.82. The van der Waals surface area contributed by atoms with Crippen LogP contribution in [0.1, 0.15) is 18.1 Å². The van der Waals surface area contributed by atoms with E-state index in [1.165, 1.54) is 0 Å². The van der Waals surface area contributed by atoms with Gasteiger partial charge in [0.25, 0.3) is 0 Å². The minimum Gasteiger partial charge on any atom is -0.300 e. The maximum absolute atomic E-state index is 10.9. The molecule has 13 heavy (non-hydrogen) atoms. The molecular formula is C10H11BrOS. The van der Waals surface area contributed by atoms with Gasteiger partial charge in [0, 0.05) is 16.6 Å². The lowest BCUT2D eigenvalue weighted by Gasteiger charge is -2.03. The molecule has 0 heterocycles. The molecule has 0 aliphatic heterocycles. The second-order valence-electron chi connectivity index (χ2n) is 3.02. The molecule has 3 heteroatoms. The third kappa shape index (κ3) is 3.53. The normalized spacial score (nSPS) is 10.1. The summed E-state index contributed by atoms with van der Waals surface area (Å²) in [6, 6.07) is 5.94. The van der Waals surface area contributed by atoms with E-state index in [2.05, 4.69) is 28.6 Å². The average Bonchev–Trinajstić information content (AvgIpc) is 2.01. The van der Waals surface area contributed by atoms with Gasteiger partial charge in [-0.15, -0.1) is 12.6 Å². The summed E-state index contributed by atoms with van der Waals surface area (Å²) in [7, 11) is 0. The number of thiol groups is 1. The molecule has 0 radical (unpaired) electrons. The van der Waals surface area contributed by atoms with Gasteiger partial charge < -0.3 is 0 Å². The molecule has 0 saturated heterocycles. The van der Waals surface area contributed by atoms with Crippen molar-refractivity contribution in [3.05, 3.63) is 29.3 Å². The van der Waals surface area contributed by atoms with Gasteiger partial charge in [-0.3, -0.25) is 4.79 Å². The molecule has 0 unspecified atom stereocenters. The number of rotatable bonds is 3. The SMILES string of the molecule is CC(=O)Cc1cc(S)cc(CBr)c1. The maximum atomic E-state index is 10.9. The predicted molar refractivity (Wildman–Crippen MR) is 60.7 cm³/mol. The Balaban J connectivity index is 2.94. The molecule has 1 rings (SSSR count). The van der Waals surface area contributed by atoms with Gasteiger partial charge in [0.05, 0.1) is 0 Å². The highest BCUT2D eigenvalue weighted by atomic mass is 79.9. The number of halogens is 1. The molecule has 0 amide bonds. The minimum atomic E-state index is 0.180. The number of hydrogen-bond acceptors (Lipinski definition) is 2. The molecule has 0 atom stereocenters. The molecule has 0 N–H and O–H groups in total. The van der Waals surface area contributed by atoms with E-state index in [4.69, 9.17) is 0 Å². The van der Waals surface area contributed by atoms with Crippen molar-refractivity contribution in [1.82, 2.24) is 0 Å². The number of ketones is 1. The Morgan fingerprint density at radius 3 is 2.54 bits per heavy atom. The highest BCUT2D eigenvalue weighted by molar-refractivity contribution is 9.08. The number of benzene rings is 1. The van der Waals surface area contributed by atoms with Gasteiger partial charge in [-0.05, 0) is 30.2 Å². The van der Waals surface area contributed by atoms with Crippen LogP contribution in [0.2, 0.25) is 0 Å². The molecular weight excluding hydrogens is 248 g/mol. The fourth-order valence-electron chi connectivity index (χ4n) is 1.21. The quantitative estimate of drug-likeness (QED) is 0.652. The van der Waals surface area contributed by atoms with Gasteiger partial charge in [-0.2, -0.15) is 0 Å². The summed E-state index contributed by atoms with van der Waals surface area (Å²) in [6.07, 6.45) is 0.494. The van der Waals surface area contributed by atoms with Crippen molar-refractivity contribution in [3.8, 4) is 0 Å². The fourth-order valence-corrected chi connectivity index (χ4v) is 1.87. The summed E-state index contributed by atoms with van der Waals surface area (Å²) in [6.45, 7) is 1.60. The van der Waals surface area contributed by atoms with Crippen molar-refractivity contribution in [2.45, 2.75) is 23.6 Å². The number of carbonyl (C=O) groups is 1. The average molecular weight is 259 g/mol. The molecule has 0 aromatic heterocycles. The number of carbonyl (C=O) groups excluding carboxylic acids is 1. The molecule has 1 nitrogen and oxygen atoms in total. The van der Waals surface area contributed by atoms with Gasteiger partial charge >= 0.3 is 0 Å². The number of Topliss-reactive ketones (excluding diaryl/α,β-unsaturated/α-hetero) is 1. The lowest BCUT2D eigenvalue weighted by atomic mass is 10.1. The molecule has 1 aromatic rings. The first-order chi connectivity index (χ1) is 6.11. The van der Waals surface area contributed by atoms with Gasteiger partial charge in [-0.1, -0.05) is 22.0 Å². The van der Waals surface area contributed by atoms with Crippen molar-refractivity contribution >= 4 is 34.3 Å². The van der Waals surface area contributed by atoms with E-state index < -0.39 is 0 Å².